The maximum absolute atomic E-state index is 11.9. The topological polar surface area (TPSA) is 83.0 Å². The number of ether oxygens (including phenoxy) is 1. The molecule has 1 heterocycles. The average molecular weight is 266 g/mol. The van der Waals surface area contributed by atoms with Crippen LogP contribution in [0.5, 0.6) is 0 Å². The minimum absolute atomic E-state index is 0.269. The zero-order chi connectivity index (χ0) is 14.2. The number of esters is 1. The first-order chi connectivity index (χ1) is 8.78. The van der Waals surface area contributed by atoms with Gasteiger partial charge < -0.3 is 10.5 Å². The van der Waals surface area contributed by atoms with Crippen LogP contribution in [0.2, 0.25) is 0 Å². The van der Waals surface area contributed by atoms with Crippen molar-refractivity contribution in [2.75, 3.05) is 0 Å². The molecule has 2 N–H and O–H groups in total. The molecule has 6 nitrogen and oxygen atoms in total. The normalized spacial score (nSPS) is 19.0. The molecule has 2 rings (SSSR count). The molecule has 0 radical (unpaired) electrons. The van der Waals surface area contributed by atoms with Crippen LogP contribution >= 0.6 is 0 Å². The number of rotatable bonds is 4. The molecule has 0 amide bonds. The van der Waals surface area contributed by atoms with E-state index in [1.54, 1.807) is 11.0 Å². The molecule has 0 bridgehead atoms. The minimum atomic E-state index is -0.743. The van der Waals surface area contributed by atoms with Gasteiger partial charge in [-0.3, -0.25) is 4.79 Å². The van der Waals surface area contributed by atoms with Crippen LogP contribution in [0.15, 0.2) is 6.33 Å². The zero-order valence-corrected chi connectivity index (χ0v) is 12.0. The fourth-order valence-electron chi connectivity index (χ4n) is 1.74. The monoisotopic (exact) mass is 266 g/mol. The molecule has 19 heavy (non-hydrogen) atoms. The van der Waals surface area contributed by atoms with Crippen LogP contribution < -0.4 is 5.73 Å². The van der Waals surface area contributed by atoms with E-state index in [9.17, 15) is 4.79 Å². The van der Waals surface area contributed by atoms with Crippen LogP contribution in [0.3, 0.4) is 0 Å². The summed E-state index contributed by atoms with van der Waals surface area (Å²) < 4.78 is 6.94. The standard InChI is InChI=1S/C13H22N4O2/c1-8(10(14)12(18)19-13(2,3)4)17-7-15-11(16-17)9-5-6-9/h7-10H,5-6,14H2,1-4H3. The smallest absolute Gasteiger partial charge is 0.325 e. The van der Waals surface area contributed by atoms with E-state index in [1.165, 1.54) is 0 Å². The molecule has 1 aromatic heterocycles. The van der Waals surface area contributed by atoms with Crippen LogP contribution in [-0.2, 0) is 9.53 Å². The van der Waals surface area contributed by atoms with Crippen molar-refractivity contribution in [3.05, 3.63) is 12.2 Å². The summed E-state index contributed by atoms with van der Waals surface area (Å²) in [7, 11) is 0. The van der Waals surface area contributed by atoms with E-state index < -0.39 is 17.6 Å². The number of hydrogen-bond donors (Lipinski definition) is 1. The summed E-state index contributed by atoms with van der Waals surface area (Å²) in [5.41, 5.74) is 5.41. The Hall–Kier alpha value is -1.43. The molecule has 2 unspecified atom stereocenters. The number of nitrogens with two attached hydrogens (primary N) is 1. The molecule has 1 saturated carbocycles. The highest BCUT2D eigenvalue weighted by Gasteiger charge is 2.31. The van der Waals surface area contributed by atoms with Gasteiger partial charge in [-0.25, -0.2) is 9.67 Å². The predicted molar refractivity (Wildman–Crippen MR) is 70.5 cm³/mol. The second-order valence-corrected chi connectivity index (χ2v) is 6.16. The van der Waals surface area contributed by atoms with Crippen LogP contribution in [0, 0.1) is 0 Å². The van der Waals surface area contributed by atoms with Gasteiger partial charge >= 0.3 is 5.97 Å². The number of carbonyl (C=O) groups is 1. The van der Waals surface area contributed by atoms with E-state index in [1.807, 2.05) is 27.7 Å². The highest BCUT2D eigenvalue weighted by molar-refractivity contribution is 5.76. The molecule has 0 saturated heterocycles. The Morgan fingerprint density at radius 1 is 1.53 bits per heavy atom. The van der Waals surface area contributed by atoms with Crippen molar-refractivity contribution in [1.29, 1.82) is 0 Å². The SMILES string of the molecule is CC(C(N)C(=O)OC(C)(C)C)n1cnc(C2CC2)n1. The minimum Gasteiger partial charge on any atom is -0.459 e. The summed E-state index contributed by atoms with van der Waals surface area (Å²) in [4.78, 5) is 16.2. The van der Waals surface area contributed by atoms with Gasteiger partial charge in [-0.15, -0.1) is 0 Å². The number of aromatic nitrogens is 3. The van der Waals surface area contributed by atoms with Crippen LogP contribution in [0.1, 0.15) is 58.3 Å². The number of carbonyl (C=O) groups excluding carboxylic acids is 1. The first-order valence-corrected chi connectivity index (χ1v) is 6.67. The Labute approximate surface area is 113 Å². The van der Waals surface area contributed by atoms with E-state index in [2.05, 4.69) is 10.1 Å². The lowest BCUT2D eigenvalue weighted by Gasteiger charge is -2.24. The Morgan fingerprint density at radius 3 is 2.68 bits per heavy atom. The Bertz CT molecular complexity index is 459. The lowest BCUT2D eigenvalue weighted by atomic mass is 10.1. The third-order valence-electron chi connectivity index (χ3n) is 3.08. The van der Waals surface area contributed by atoms with Crippen LogP contribution in [0.25, 0.3) is 0 Å². The second-order valence-electron chi connectivity index (χ2n) is 6.16. The van der Waals surface area contributed by atoms with Gasteiger partial charge in [0.05, 0.1) is 6.04 Å². The van der Waals surface area contributed by atoms with Gasteiger partial charge in [0.25, 0.3) is 0 Å². The van der Waals surface area contributed by atoms with Crippen molar-refractivity contribution in [3.8, 4) is 0 Å². The molecule has 0 aliphatic heterocycles. The van der Waals surface area contributed by atoms with E-state index in [0.717, 1.165) is 18.7 Å². The summed E-state index contributed by atoms with van der Waals surface area (Å²) in [5.74, 6) is 0.929. The molecular weight excluding hydrogens is 244 g/mol. The molecule has 0 aromatic carbocycles. The maximum Gasteiger partial charge on any atom is 0.325 e. The summed E-state index contributed by atoms with van der Waals surface area (Å²) in [6.07, 6.45) is 3.94. The average Bonchev–Trinajstić information content (AvgIpc) is 3.03. The molecule has 1 aliphatic carbocycles. The van der Waals surface area contributed by atoms with Gasteiger partial charge in [-0.05, 0) is 40.5 Å². The van der Waals surface area contributed by atoms with Crippen molar-refractivity contribution in [1.82, 2.24) is 14.8 Å². The van der Waals surface area contributed by atoms with Gasteiger partial charge in [0.2, 0.25) is 0 Å². The Balaban J connectivity index is 2.00. The summed E-state index contributed by atoms with van der Waals surface area (Å²) >= 11 is 0. The van der Waals surface area contributed by atoms with Crippen molar-refractivity contribution in [2.24, 2.45) is 5.73 Å². The number of hydrogen-bond acceptors (Lipinski definition) is 5. The largest absolute Gasteiger partial charge is 0.459 e. The zero-order valence-electron chi connectivity index (χ0n) is 12.0. The Kier molecular flexibility index (Phi) is 3.62. The summed E-state index contributed by atoms with van der Waals surface area (Å²) in [6, 6.07) is -1.01. The fourth-order valence-corrected chi connectivity index (χ4v) is 1.74. The van der Waals surface area contributed by atoms with Crippen LogP contribution in [-0.4, -0.2) is 32.4 Å². The van der Waals surface area contributed by atoms with Crippen molar-refractivity contribution in [2.45, 2.75) is 64.1 Å². The highest BCUT2D eigenvalue weighted by atomic mass is 16.6. The van der Waals surface area contributed by atoms with E-state index in [4.69, 9.17) is 10.5 Å². The molecule has 1 aliphatic rings. The van der Waals surface area contributed by atoms with Gasteiger partial charge in [0, 0.05) is 5.92 Å². The molecule has 1 aromatic rings. The lowest BCUT2D eigenvalue weighted by molar-refractivity contribution is -0.157. The van der Waals surface area contributed by atoms with E-state index in [0.29, 0.717) is 5.92 Å². The summed E-state index contributed by atoms with van der Waals surface area (Å²) in [5, 5.41) is 4.39. The number of nitrogens with zero attached hydrogens (tertiary/aromatic N) is 3. The molecule has 1 fully saturated rings. The molecule has 0 spiro atoms. The van der Waals surface area contributed by atoms with Gasteiger partial charge in [-0.1, -0.05) is 0 Å². The Morgan fingerprint density at radius 2 is 2.16 bits per heavy atom. The first-order valence-electron chi connectivity index (χ1n) is 6.67. The van der Waals surface area contributed by atoms with Crippen molar-refractivity contribution >= 4 is 5.97 Å². The molecule has 106 valence electrons. The fraction of sp³-hybridized carbons (Fsp3) is 0.769. The van der Waals surface area contributed by atoms with E-state index >= 15 is 0 Å². The van der Waals surface area contributed by atoms with Crippen molar-refractivity contribution in [3.63, 3.8) is 0 Å². The van der Waals surface area contributed by atoms with Gasteiger partial charge in [0.15, 0.2) is 5.82 Å². The molecule has 2 atom stereocenters. The summed E-state index contributed by atoms with van der Waals surface area (Å²) in [6.45, 7) is 7.31. The lowest BCUT2D eigenvalue weighted by Crippen LogP contribution is -2.42. The predicted octanol–water partition coefficient (Wildman–Crippen LogP) is 1.39. The van der Waals surface area contributed by atoms with Crippen LogP contribution in [0.4, 0.5) is 0 Å². The molecule has 6 heteroatoms. The maximum atomic E-state index is 11.9. The van der Waals surface area contributed by atoms with E-state index in [-0.39, 0.29) is 6.04 Å². The van der Waals surface area contributed by atoms with Gasteiger partial charge in [-0.2, -0.15) is 5.10 Å². The third-order valence-corrected chi connectivity index (χ3v) is 3.08. The van der Waals surface area contributed by atoms with Crippen molar-refractivity contribution < 1.29 is 9.53 Å². The van der Waals surface area contributed by atoms with Gasteiger partial charge in [0.1, 0.15) is 18.0 Å². The second kappa shape index (κ2) is 4.92. The highest BCUT2D eigenvalue weighted by Crippen LogP contribution is 2.37. The quantitative estimate of drug-likeness (QED) is 0.832. The molecular formula is C13H22N4O2. The first kappa shape index (κ1) is 14.0. The third kappa shape index (κ3) is 3.53.